The standard InChI is InChI=1S/C22H40O6.C18H32O6.C16H28O6/c1-2-3-4-5-6-7-8-9-10-11-12-13-14-15-16-17-21(26)28-22(27)19(23)18-20(24)25;1-2-3-4-5-6-7-8-9-10-11-12-13-17(22)24-18(23)15(19)14-16(20)21;1-2-3-4-5-6-7-8-9-10-11-15(20)22-16(21)13(17)12-14(18)19/h19,23H,2-18H2,1H3,(H,24,25);15,19H,2-14H2,1H3,(H,20,21);13,17H,2-12H2,1H3,(H,18,19). The predicted octanol–water partition coefficient (Wildman–Crippen LogP) is 11.6. The molecule has 0 aliphatic heterocycles. The Bertz CT molecular complexity index is 1470. The summed E-state index contributed by atoms with van der Waals surface area (Å²) in [6, 6.07) is 0. The van der Waals surface area contributed by atoms with E-state index in [1.807, 2.05) is 0 Å². The van der Waals surface area contributed by atoms with Crippen molar-refractivity contribution < 1.29 is 88.0 Å². The van der Waals surface area contributed by atoms with Gasteiger partial charge in [0.05, 0.1) is 19.3 Å². The van der Waals surface area contributed by atoms with E-state index in [-0.39, 0.29) is 19.3 Å². The van der Waals surface area contributed by atoms with Crippen LogP contribution in [0, 0.1) is 0 Å². The summed E-state index contributed by atoms with van der Waals surface area (Å²) in [6.45, 7) is 6.64. The average molecular weight is 1060 g/mol. The van der Waals surface area contributed by atoms with Crippen molar-refractivity contribution in [1.29, 1.82) is 0 Å². The Labute approximate surface area is 442 Å². The largest absolute Gasteiger partial charge is 0.481 e. The van der Waals surface area contributed by atoms with Gasteiger partial charge in [0.15, 0.2) is 18.3 Å². The molecule has 0 saturated carbocycles. The zero-order valence-corrected chi connectivity index (χ0v) is 45.8. The van der Waals surface area contributed by atoms with Crippen LogP contribution in [0.3, 0.4) is 0 Å². The fourth-order valence-electron chi connectivity index (χ4n) is 7.59. The van der Waals surface area contributed by atoms with Crippen molar-refractivity contribution in [3.05, 3.63) is 0 Å². The molecule has 0 rings (SSSR count). The molecule has 3 atom stereocenters. The number of esters is 6. The van der Waals surface area contributed by atoms with E-state index in [9.17, 15) is 53.4 Å². The van der Waals surface area contributed by atoms with E-state index in [1.165, 1.54) is 148 Å². The van der Waals surface area contributed by atoms with Gasteiger partial charge in [-0.15, -0.1) is 0 Å². The molecule has 74 heavy (non-hydrogen) atoms. The maximum absolute atomic E-state index is 11.5. The number of ether oxygens (including phenoxy) is 3. The highest BCUT2D eigenvalue weighted by Gasteiger charge is 2.24. The topological polar surface area (TPSA) is 303 Å². The van der Waals surface area contributed by atoms with Gasteiger partial charge in [-0.25, -0.2) is 14.4 Å². The zero-order chi connectivity index (χ0) is 56.0. The summed E-state index contributed by atoms with van der Waals surface area (Å²) in [6.07, 6.45) is 33.9. The van der Waals surface area contributed by atoms with Crippen molar-refractivity contribution >= 4 is 53.7 Å². The number of aliphatic hydroxyl groups excluding tert-OH is 3. The second-order valence-corrected chi connectivity index (χ2v) is 19.3. The summed E-state index contributed by atoms with van der Waals surface area (Å²) in [4.78, 5) is 99.0. The quantitative estimate of drug-likeness (QED) is 0.0143. The summed E-state index contributed by atoms with van der Waals surface area (Å²) in [5.41, 5.74) is 0. The van der Waals surface area contributed by atoms with Gasteiger partial charge in [-0.2, -0.15) is 0 Å². The Morgan fingerprint density at radius 1 is 0.270 bits per heavy atom. The van der Waals surface area contributed by atoms with Crippen molar-refractivity contribution in [2.24, 2.45) is 0 Å². The molecule has 0 saturated heterocycles. The SMILES string of the molecule is CCCCCCCCCCCC(=O)OC(=O)C(O)CC(=O)O.CCCCCCCCCCCCCC(=O)OC(=O)C(O)CC(=O)O.CCCCCCCCCCCCCCCCCC(=O)OC(=O)C(O)CC(=O)O. The first-order chi connectivity index (χ1) is 35.4. The van der Waals surface area contributed by atoms with E-state index in [2.05, 4.69) is 35.0 Å². The first kappa shape index (κ1) is 74.0. The molecule has 18 heteroatoms. The molecule has 0 radical (unpaired) electrons. The summed E-state index contributed by atoms with van der Waals surface area (Å²) >= 11 is 0. The number of carbonyl (C=O) groups is 9. The van der Waals surface area contributed by atoms with Gasteiger partial charge >= 0.3 is 53.7 Å². The third kappa shape index (κ3) is 57.0. The first-order valence-electron chi connectivity index (χ1n) is 28.3. The van der Waals surface area contributed by atoms with Gasteiger partial charge < -0.3 is 44.8 Å². The number of aliphatic hydroxyl groups is 3. The van der Waals surface area contributed by atoms with Gasteiger partial charge in [0.2, 0.25) is 0 Å². The Morgan fingerprint density at radius 3 is 0.568 bits per heavy atom. The maximum Gasteiger partial charge on any atom is 0.343 e. The van der Waals surface area contributed by atoms with Crippen molar-refractivity contribution in [2.75, 3.05) is 0 Å². The summed E-state index contributed by atoms with van der Waals surface area (Å²) < 4.78 is 13.2. The molecule has 6 N–H and O–H groups in total. The van der Waals surface area contributed by atoms with E-state index in [1.54, 1.807) is 0 Å². The highest BCUT2D eigenvalue weighted by molar-refractivity contribution is 5.91. The van der Waals surface area contributed by atoms with E-state index in [0.717, 1.165) is 57.8 Å². The van der Waals surface area contributed by atoms with E-state index >= 15 is 0 Å². The van der Waals surface area contributed by atoms with Crippen LogP contribution in [0.5, 0.6) is 0 Å². The third-order valence-corrected chi connectivity index (χ3v) is 12.0. The molecule has 0 spiro atoms. The molecule has 0 aliphatic rings. The molecule has 3 unspecified atom stereocenters. The van der Waals surface area contributed by atoms with E-state index in [0.29, 0.717) is 19.3 Å². The molecule has 432 valence electrons. The van der Waals surface area contributed by atoms with Crippen molar-refractivity contribution in [2.45, 2.75) is 302 Å². The number of hydrogen-bond donors (Lipinski definition) is 6. The molecular weight excluding hydrogens is 961 g/mol. The van der Waals surface area contributed by atoms with Crippen LogP contribution in [-0.2, 0) is 57.4 Å². The van der Waals surface area contributed by atoms with Gasteiger partial charge in [-0.3, -0.25) is 28.8 Å². The molecule has 0 aliphatic carbocycles. The number of rotatable bonds is 47. The predicted molar refractivity (Wildman–Crippen MR) is 281 cm³/mol. The number of unbranched alkanes of at least 4 members (excludes halogenated alkanes) is 32. The first-order valence-corrected chi connectivity index (χ1v) is 28.3. The second kappa shape index (κ2) is 55.0. The molecular formula is C56H100O18. The number of carboxylic acids is 3. The molecule has 18 nitrogen and oxygen atoms in total. The molecule has 0 aromatic heterocycles. The Morgan fingerprint density at radius 2 is 0.419 bits per heavy atom. The van der Waals surface area contributed by atoms with Crippen LogP contribution in [0.25, 0.3) is 0 Å². The minimum Gasteiger partial charge on any atom is -0.481 e. The summed E-state index contributed by atoms with van der Waals surface area (Å²) in [5, 5.41) is 52.9. The van der Waals surface area contributed by atoms with Gasteiger partial charge in [0.1, 0.15) is 0 Å². The average Bonchev–Trinajstić information content (AvgIpc) is 3.33. The van der Waals surface area contributed by atoms with Crippen molar-refractivity contribution in [3.8, 4) is 0 Å². The lowest BCUT2D eigenvalue weighted by molar-refractivity contribution is -0.169. The molecule has 0 heterocycles. The van der Waals surface area contributed by atoms with Gasteiger partial charge in [-0.1, -0.05) is 226 Å². The van der Waals surface area contributed by atoms with Crippen LogP contribution >= 0.6 is 0 Å². The maximum atomic E-state index is 11.5. The van der Waals surface area contributed by atoms with Crippen LogP contribution in [0.15, 0.2) is 0 Å². The monoisotopic (exact) mass is 1060 g/mol. The van der Waals surface area contributed by atoms with Crippen molar-refractivity contribution in [1.82, 2.24) is 0 Å². The summed E-state index contributed by atoms with van der Waals surface area (Å²) in [5.74, 6) is -9.66. The van der Waals surface area contributed by atoms with Gasteiger partial charge in [0.25, 0.3) is 0 Å². The minimum atomic E-state index is -1.79. The van der Waals surface area contributed by atoms with Crippen LogP contribution in [0.1, 0.15) is 284 Å². The smallest absolute Gasteiger partial charge is 0.343 e. The van der Waals surface area contributed by atoms with Crippen LogP contribution in [-0.4, -0.2) is 103 Å². The lowest BCUT2D eigenvalue weighted by Crippen LogP contribution is -2.28. The lowest BCUT2D eigenvalue weighted by Gasteiger charge is -2.07. The molecule has 0 aromatic carbocycles. The Hall–Kier alpha value is -4.29. The second-order valence-electron chi connectivity index (χ2n) is 19.3. The van der Waals surface area contributed by atoms with Crippen LogP contribution in [0.4, 0.5) is 0 Å². The summed E-state index contributed by atoms with van der Waals surface area (Å²) in [7, 11) is 0. The molecule has 0 bridgehead atoms. The highest BCUT2D eigenvalue weighted by Crippen LogP contribution is 2.16. The number of carboxylic acid groups (broad SMARTS) is 3. The van der Waals surface area contributed by atoms with E-state index in [4.69, 9.17) is 20.4 Å². The molecule has 0 fully saturated rings. The molecule has 0 amide bonds. The Balaban J connectivity index is -0.00000103. The fourth-order valence-corrected chi connectivity index (χ4v) is 7.59. The van der Waals surface area contributed by atoms with Gasteiger partial charge in [0, 0.05) is 19.3 Å². The number of carbonyl (C=O) groups excluding carboxylic acids is 6. The van der Waals surface area contributed by atoms with E-state index < -0.39 is 91.3 Å². The highest BCUT2D eigenvalue weighted by atomic mass is 16.6. The zero-order valence-electron chi connectivity index (χ0n) is 45.8. The van der Waals surface area contributed by atoms with Crippen LogP contribution in [0.2, 0.25) is 0 Å². The normalized spacial score (nSPS) is 11.9. The minimum absolute atomic E-state index is 0.112. The number of hydrogen-bond acceptors (Lipinski definition) is 15. The molecule has 0 aromatic rings. The number of aliphatic carboxylic acids is 3. The third-order valence-electron chi connectivity index (χ3n) is 12.0. The Kier molecular flexibility index (Phi) is 54.9. The van der Waals surface area contributed by atoms with Crippen LogP contribution < -0.4 is 0 Å². The lowest BCUT2D eigenvalue weighted by atomic mass is 10.0. The van der Waals surface area contributed by atoms with Gasteiger partial charge in [-0.05, 0) is 19.3 Å². The fraction of sp³-hybridized carbons (Fsp3) is 0.839. The van der Waals surface area contributed by atoms with Crippen molar-refractivity contribution in [3.63, 3.8) is 0 Å².